The van der Waals surface area contributed by atoms with Gasteiger partial charge in [-0.1, -0.05) is 102 Å². The lowest BCUT2D eigenvalue weighted by Gasteiger charge is -2.44. The van der Waals surface area contributed by atoms with E-state index in [1.807, 2.05) is 19.1 Å². The van der Waals surface area contributed by atoms with Crippen LogP contribution in [0.1, 0.15) is 48.5 Å². The third-order valence-corrected chi connectivity index (χ3v) is 16.3. The van der Waals surface area contributed by atoms with E-state index in [2.05, 4.69) is 103 Å². The third-order valence-electron chi connectivity index (χ3n) is 6.72. The van der Waals surface area contributed by atoms with E-state index in [1.54, 1.807) is 0 Å². The summed E-state index contributed by atoms with van der Waals surface area (Å²) >= 11 is 0. The quantitative estimate of drug-likeness (QED) is 0.543. The van der Waals surface area contributed by atoms with Crippen LogP contribution in [0.3, 0.4) is 0 Å². The van der Waals surface area contributed by atoms with Gasteiger partial charge in [0, 0.05) is 0 Å². The molecule has 2 aromatic rings. The van der Waals surface area contributed by atoms with E-state index in [9.17, 15) is 5.11 Å². The Balaban J connectivity index is 2.37. The second-order valence-electron chi connectivity index (χ2n) is 11.1. The summed E-state index contributed by atoms with van der Waals surface area (Å²) in [6.45, 7) is 20.1. The van der Waals surface area contributed by atoms with Crippen molar-refractivity contribution in [2.45, 2.75) is 83.8 Å². The van der Waals surface area contributed by atoms with Crippen molar-refractivity contribution in [2.75, 3.05) is 6.61 Å². The minimum atomic E-state index is -2.66. The summed E-state index contributed by atoms with van der Waals surface area (Å²) in [7, 11) is -4.63. The second kappa shape index (κ2) is 9.71. The summed E-state index contributed by atoms with van der Waals surface area (Å²) < 4.78 is 13.3. The average Bonchev–Trinajstić information content (AvgIpc) is 2.67. The summed E-state index contributed by atoms with van der Waals surface area (Å²) in [5, 5.41) is 13.5. The van der Waals surface area contributed by atoms with Crippen molar-refractivity contribution in [3.63, 3.8) is 0 Å². The zero-order valence-electron chi connectivity index (χ0n) is 20.9. The topological polar surface area (TPSA) is 38.7 Å². The third kappa shape index (κ3) is 5.76. The lowest BCUT2D eigenvalue weighted by Crippen LogP contribution is -2.67. The molecule has 0 bridgehead atoms. The molecule has 3 nitrogen and oxygen atoms in total. The van der Waals surface area contributed by atoms with Crippen LogP contribution in [0.5, 0.6) is 0 Å². The largest absolute Gasteiger partial charge is 0.411 e. The van der Waals surface area contributed by atoms with Crippen LogP contribution in [-0.4, -0.2) is 40.6 Å². The predicted octanol–water partition coefficient (Wildman–Crippen LogP) is 5.33. The van der Waals surface area contributed by atoms with Crippen molar-refractivity contribution in [3.05, 3.63) is 60.7 Å². The maximum atomic E-state index is 11.1. The summed E-state index contributed by atoms with van der Waals surface area (Å²) in [5.74, 6) is 0. The zero-order chi connectivity index (χ0) is 23.5. The summed E-state index contributed by atoms with van der Waals surface area (Å²) in [5.41, 5.74) is 0. The molecule has 0 unspecified atom stereocenters. The first kappa shape index (κ1) is 26.0. The maximum Gasteiger partial charge on any atom is 0.261 e. The Hall–Kier alpha value is -1.25. The molecule has 0 saturated carbocycles. The van der Waals surface area contributed by atoms with Crippen LogP contribution in [0.25, 0.3) is 0 Å². The van der Waals surface area contributed by atoms with Crippen molar-refractivity contribution in [3.8, 4) is 0 Å². The van der Waals surface area contributed by atoms with Crippen molar-refractivity contribution >= 4 is 27.0 Å². The summed E-state index contributed by atoms with van der Waals surface area (Å²) in [6, 6.07) is 21.1. The number of hydrogen-bond donors (Lipinski definition) is 1. The molecule has 0 aliphatic carbocycles. The number of rotatable bonds is 8. The zero-order valence-corrected chi connectivity index (χ0v) is 22.9. The van der Waals surface area contributed by atoms with E-state index >= 15 is 0 Å². The molecule has 0 saturated heterocycles. The fourth-order valence-electron chi connectivity index (χ4n) is 3.83. The van der Waals surface area contributed by atoms with E-state index in [1.165, 1.54) is 10.4 Å². The minimum Gasteiger partial charge on any atom is -0.411 e. The molecule has 0 aromatic heterocycles. The van der Waals surface area contributed by atoms with Gasteiger partial charge in [0.2, 0.25) is 0 Å². The molecule has 31 heavy (non-hydrogen) atoms. The lowest BCUT2D eigenvalue weighted by molar-refractivity contribution is 0.00619. The fourth-order valence-corrected chi connectivity index (χ4v) is 9.84. The molecule has 172 valence electrons. The van der Waals surface area contributed by atoms with Gasteiger partial charge in [-0.2, -0.15) is 0 Å². The van der Waals surface area contributed by atoms with Crippen LogP contribution in [0, 0.1) is 0 Å². The standard InChI is InChI=1S/C26H42O3Si2/c1-21(29-30(8,9)25(2,3)4)24(27)20-28-31(26(5,6)7,22-16-12-10-13-17-22)23-18-14-11-15-19-23/h10-19,21,24,27H,20H2,1-9H3/t21-,24-/m0/s1. The Labute approximate surface area is 192 Å². The van der Waals surface area contributed by atoms with Gasteiger partial charge in [0.15, 0.2) is 8.32 Å². The van der Waals surface area contributed by atoms with Crippen LogP contribution in [0.15, 0.2) is 60.7 Å². The van der Waals surface area contributed by atoms with Crippen molar-refractivity contribution in [1.82, 2.24) is 0 Å². The van der Waals surface area contributed by atoms with Gasteiger partial charge in [-0.25, -0.2) is 0 Å². The highest BCUT2D eigenvalue weighted by Gasteiger charge is 2.50. The first-order valence-electron chi connectivity index (χ1n) is 11.3. The summed E-state index contributed by atoms with van der Waals surface area (Å²) in [4.78, 5) is 0. The summed E-state index contributed by atoms with van der Waals surface area (Å²) in [6.07, 6.45) is -0.963. The normalized spacial score (nSPS) is 15.5. The highest BCUT2D eigenvalue weighted by atomic mass is 28.4. The Morgan fingerprint density at radius 1 is 0.774 bits per heavy atom. The Kier molecular flexibility index (Phi) is 8.15. The van der Waals surface area contributed by atoms with E-state index < -0.39 is 22.7 Å². The van der Waals surface area contributed by atoms with E-state index in [-0.39, 0.29) is 22.8 Å². The monoisotopic (exact) mass is 458 g/mol. The van der Waals surface area contributed by atoms with Crippen molar-refractivity contribution in [2.24, 2.45) is 0 Å². The first-order chi connectivity index (χ1) is 14.2. The highest BCUT2D eigenvalue weighted by molar-refractivity contribution is 6.99. The average molecular weight is 459 g/mol. The molecular formula is C26H42O3Si2. The Morgan fingerprint density at radius 3 is 1.55 bits per heavy atom. The van der Waals surface area contributed by atoms with Crippen molar-refractivity contribution < 1.29 is 14.0 Å². The Bertz CT molecular complexity index is 769. The molecule has 0 aliphatic rings. The number of aliphatic hydroxyl groups is 1. The molecule has 2 rings (SSSR count). The van der Waals surface area contributed by atoms with Gasteiger partial charge in [-0.15, -0.1) is 0 Å². The van der Waals surface area contributed by atoms with Gasteiger partial charge in [-0.05, 0) is 40.5 Å². The van der Waals surface area contributed by atoms with Crippen LogP contribution >= 0.6 is 0 Å². The van der Waals surface area contributed by atoms with E-state index in [0.29, 0.717) is 0 Å². The smallest absolute Gasteiger partial charge is 0.261 e. The molecule has 0 amide bonds. The SMILES string of the molecule is C[C@H](O[Si](C)(C)C(C)(C)C)[C@@H](O)CO[Si](c1ccccc1)(c1ccccc1)C(C)(C)C. The van der Waals surface area contributed by atoms with E-state index in [0.717, 1.165) is 0 Å². The molecule has 2 atom stereocenters. The molecule has 5 heteroatoms. The Morgan fingerprint density at radius 2 is 1.19 bits per heavy atom. The van der Waals surface area contributed by atoms with Gasteiger partial charge in [0.25, 0.3) is 8.32 Å². The molecule has 2 aromatic carbocycles. The van der Waals surface area contributed by atoms with Crippen LogP contribution in [-0.2, 0) is 8.85 Å². The van der Waals surface area contributed by atoms with Crippen molar-refractivity contribution in [1.29, 1.82) is 0 Å². The van der Waals surface area contributed by atoms with Gasteiger partial charge in [0.1, 0.15) is 6.10 Å². The highest BCUT2D eigenvalue weighted by Crippen LogP contribution is 2.39. The van der Waals surface area contributed by atoms with Crippen LogP contribution in [0.2, 0.25) is 23.2 Å². The molecule has 0 heterocycles. The molecule has 0 spiro atoms. The van der Waals surface area contributed by atoms with Crippen LogP contribution < -0.4 is 10.4 Å². The lowest BCUT2D eigenvalue weighted by atomic mass is 10.2. The second-order valence-corrected chi connectivity index (χ2v) is 20.2. The van der Waals surface area contributed by atoms with Gasteiger partial charge >= 0.3 is 0 Å². The molecular weight excluding hydrogens is 416 g/mol. The van der Waals surface area contributed by atoms with E-state index in [4.69, 9.17) is 8.85 Å². The number of hydrogen-bond acceptors (Lipinski definition) is 3. The number of benzene rings is 2. The fraction of sp³-hybridized carbons (Fsp3) is 0.538. The molecule has 0 fully saturated rings. The van der Waals surface area contributed by atoms with Gasteiger partial charge in [-0.3, -0.25) is 0 Å². The van der Waals surface area contributed by atoms with Gasteiger partial charge < -0.3 is 14.0 Å². The molecule has 0 radical (unpaired) electrons. The molecule has 0 aliphatic heterocycles. The predicted molar refractivity (Wildman–Crippen MR) is 137 cm³/mol. The van der Waals surface area contributed by atoms with Gasteiger partial charge in [0.05, 0.1) is 12.7 Å². The minimum absolute atomic E-state index is 0.0971. The molecule has 1 N–H and O–H groups in total. The first-order valence-corrected chi connectivity index (χ1v) is 16.1. The number of aliphatic hydroxyl groups excluding tert-OH is 1. The maximum absolute atomic E-state index is 11.1. The van der Waals surface area contributed by atoms with Crippen LogP contribution in [0.4, 0.5) is 0 Å².